The molecule has 7 nitrogen and oxygen atoms in total. The topological polar surface area (TPSA) is 78.3 Å². The summed E-state index contributed by atoms with van der Waals surface area (Å²) >= 11 is 3.10. The number of hydrogen-bond donors (Lipinski definition) is 1. The summed E-state index contributed by atoms with van der Waals surface area (Å²) in [6, 6.07) is 0. The van der Waals surface area contributed by atoms with Crippen molar-refractivity contribution >= 4 is 27.4 Å². The Hall–Kier alpha value is -1.15. The molecule has 0 aromatic carbocycles. The van der Waals surface area contributed by atoms with Crippen LogP contribution in [0.1, 0.15) is 0 Å². The molecule has 1 saturated heterocycles. The molecule has 1 aromatic heterocycles. The number of halogens is 1. The largest absolute Gasteiger partial charge is 0.347 e. The highest BCUT2D eigenvalue weighted by Crippen LogP contribution is 2.32. The first kappa shape index (κ1) is 11.3. The monoisotopic (exact) mass is 289 g/mol. The molecule has 8 heteroatoms. The van der Waals surface area contributed by atoms with Crippen molar-refractivity contribution in [2.75, 3.05) is 38.1 Å². The molecule has 0 spiro atoms. The Bertz CT molecular complexity index is 399. The predicted octanol–water partition coefficient (Wildman–Crippen LogP) is 0.832. The maximum absolute atomic E-state index is 10.9. The molecule has 0 bridgehead atoms. The van der Waals surface area contributed by atoms with E-state index in [9.17, 15) is 10.1 Å². The second-order valence-electron chi connectivity index (χ2n) is 3.76. The number of H-pyrrole nitrogens is 1. The molecule has 2 rings (SSSR count). The van der Waals surface area contributed by atoms with E-state index in [1.165, 1.54) is 0 Å². The molecule has 1 aromatic rings. The predicted molar refractivity (Wildman–Crippen MR) is 62.7 cm³/mol. The van der Waals surface area contributed by atoms with E-state index in [0.29, 0.717) is 10.4 Å². The van der Waals surface area contributed by atoms with Gasteiger partial charge in [0.15, 0.2) is 4.60 Å². The zero-order valence-corrected chi connectivity index (χ0v) is 10.4. The van der Waals surface area contributed by atoms with E-state index in [4.69, 9.17) is 0 Å². The average molecular weight is 290 g/mol. The number of anilines is 1. The Balaban J connectivity index is 2.24. The van der Waals surface area contributed by atoms with Crippen molar-refractivity contribution in [2.45, 2.75) is 0 Å². The third-order valence-electron chi connectivity index (χ3n) is 2.67. The molecule has 1 aliphatic heterocycles. The SMILES string of the molecule is CN1CCN(c2n[nH]c(Br)c2[N+](=O)[O-])CC1. The molecule has 0 radical (unpaired) electrons. The van der Waals surface area contributed by atoms with E-state index >= 15 is 0 Å². The fourth-order valence-corrected chi connectivity index (χ4v) is 2.12. The van der Waals surface area contributed by atoms with Gasteiger partial charge in [0.2, 0.25) is 5.82 Å². The molecule has 1 N–H and O–H groups in total. The minimum Gasteiger partial charge on any atom is -0.347 e. The molecular weight excluding hydrogens is 278 g/mol. The molecule has 1 fully saturated rings. The Morgan fingerprint density at radius 2 is 2.06 bits per heavy atom. The summed E-state index contributed by atoms with van der Waals surface area (Å²) in [5, 5.41) is 17.5. The van der Waals surface area contributed by atoms with Gasteiger partial charge in [0.25, 0.3) is 0 Å². The van der Waals surface area contributed by atoms with Crippen LogP contribution in [0.5, 0.6) is 0 Å². The first-order chi connectivity index (χ1) is 7.59. The van der Waals surface area contributed by atoms with Gasteiger partial charge in [-0.05, 0) is 23.0 Å². The van der Waals surface area contributed by atoms with Crippen molar-refractivity contribution in [3.8, 4) is 0 Å². The van der Waals surface area contributed by atoms with Gasteiger partial charge in [-0.1, -0.05) is 0 Å². The van der Waals surface area contributed by atoms with Gasteiger partial charge in [-0.3, -0.25) is 15.2 Å². The average Bonchev–Trinajstić information content (AvgIpc) is 2.61. The smallest absolute Gasteiger partial charge is 0.345 e. The summed E-state index contributed by atoms with van der Waals surface area (Å²) in [5.74, 6) is 0.421. The molecule has 88 valence electrons. The third-order valence-corrected chi connectivity index (χ3v) is 3.22. The number of rotatable bonds is 2. The highest BCUT2D eigenvalue weighted by atomic mass is 79.9. The number of aromatic amines is 1. The molecule has 0 saturated carbocycles. The summed E-state index contributed by atoms with van der Waals surface area (Å²) in [4.78, 5) is 14.6. The Labute approximate surface area is 101 Å². The minimum absolute atomic E-state index is 0.0181. The summed E-state index contributed by atoms with van der Waals surface area (Å²) in [6.07, 6.45) is 0. The van der Waals surface area contributed by atoms with Crippen LogP contribution in [-0.2, 0) is 0 Å². The van der Waals surface area contributed by atoms with Crippen LogP contribution in [0, 0.1) is 10.1 Å². The number of aromatic nitrogens is 2. The Kier molecular flexibility index (Phi) is 3.10. The van der Waals surface area contributed by atoms with Gasteiger partial charge in [0.05, 0.1) is 4.92 Å². The van der Waals surface area contributed by atoms with Crippen molar-refractivity contribution in [3.63, 3.8) is 0 Å². The quantitative estimate of drug-likeness (QED) is 0.645. The normalized spacial score (nSPS) is 17.8. The van der Waals surface area contributed by atoms with Crippen molar-refractivity contribution in [3.05, 3.63) is 14.7 Å². The van der Waals surface area contributed by atoms with E-state index in [-0.39, 0.29) is 5.69 Å². The second kappa shape index (κ2) is 4.38. The standard InChI is InChI=1S/C8H12BrN5O2/c1-12-2-4-13(5-3-12)8-6(14(15)16)7(9)10-11-8/h2-5H2,1H3,(H,10,11). The lowest BCUT2D eigenvalue weighted by molar-refractivity contribution is -0.384. The number of nitrogens with zero attached hydrogens (tertiary/aromatic N) is 4. The van der Waals surface area contributed by atoms with Crippen LogP contribution in [0.25, 0.3) is 0 Å². The van der Waals surface area contributed by atoms with Crippen molar-refractivity contribution in [1.82, 2.24) is 15.1 Å². The molecule has 0 amide bonds. The van der Waals surface area contributed by atoms with Gasteiger partial charge < -0.3 is 9.80 Å². The van der Waals surface area contributed by atoms with E-state index in [1.54, 1.807) is 0 Å². The summed E-state index contributed by atoms with van der Waals surface area (Å²) in [5.41, 5.74) is 0.0181. The van der Waals surface area contributed by atoms with E-state index in [1.807, 2.05) is 11.9 Å². The van der Waals surface area contributed by atoms with Crippen LogP contribution in [0.4, 0.5) is 11.5 Å². The number of hydrogen-bond acceptors (Lipinski definition) is 5. The number of likely N-dealkylation sites (N-methyl/N-ethyl adjacent to an activating group) is 1. The zero-order chi connectivity index (χ0) is 11.7. The fraction of sp³-hybridized carbons (Fsp3) is 0.625. The second-order valence-corrected chi connectivity index (χ2v) is 4.55. The molecule has 0 unspecified atom stereocenters. The lowest BCUT2D eigenvalue weighted by Gasteiger charge is -2.31. The van der Waals surface area contributed by atoms with Crippen LogP contribution in [0.3, 0.4) is 0 Å². The van der Waals surface area contributed by atoms with Crippen molar-refractivity contribution < 1.29 is 4.92 Å². The summed E-state index contributed by atoms with van der Waals surface area (Å²) in [6.45, 7) is 3.30. The first-order valence-corrected chi connectivity index (χ1v) is 5.70. The van der Waals surface area contributed by atoms with Gasteiger partial charge >= 0.3 is 5.69 Å². The van der Waals surface area contributed by atoms with Crippen LogP contribution in [-0.4, -0.2) is 53.2 Å². The van der Waals surface area contributed by atoms with Gasteiger partial charge in [-0.2, -0.15) is 0 Å². The lowest BCUT2D eigenvalue weighted by Crippen LogP contribution is -2.44. The highest BCUT2D eigenvalue weighted by Gasteiger charge is 2.28. The van der Waals surface area contributed by atoms with Gasteiger partial charge in [0.1, 0.15) is 0 Å². The number of nitro groups is 1. The van der Waals surface area contributed by atoms with Gasteiger partial charge in [-0.15, -0.1) is 5.10 Å². The third kappa shape index (κ3) is 2.03. The Morgan fingerprint density at radius 3 is 2.62 bits per heavy atom. The maximum Gasteiger partial charge on any atom is 0.345 e. The van der Waals surface area contributed by atoms with E-state index < -0.39 is 4.92 Å². The Morgan fingerprint density at radius 1 is 1.44 bits per heavy atom. The van der Waals surface area contributed by atoms with Crippen LogP contribution in [0.2, 0.25) is 0 Å². The van der Waals surface area contributed by atoms with Crippen molar-refractivity contribution in [2.24, 2.45) is 0 Å². The molecule has 2 heterocycles. The molecule has 1 aliphatic rings. The fourth-order valence-electron chi connectivity index (χ4n) is 1.71. The molecule has 16 heavy (non-hydrogen) atoms. The molecular formula is C8H12BrN5O2. The molecule has 0 aliphatic carbocycles. The van der Waals surface area contributed by atoms with E-state index in [2.05, 4.69) is 31.0 Å². The van der Waals surface area contributed by atoms with Gasteiger partial charge in [-0.25, -0.2) is 0 Å². The summed E-state index contributed by atoms with van der Waals surface area (Å²) in [7, 11) is 2.03. The minimum atomic E-state index is -0.415. The van der Waals surface area contributed by atoms with Crippen molar-refractivity contribution in [1.29, 1.82) is 0 Å². The lowest BCUT2D eigenvalue weighted by atomic mass is 10.3. The summed E-state index contributed by atoms with van der Waals surface area (Å²) < 4.78 is 0.325. The maximum atomic E-state index is 10.9. The number of piperazine rings is 1. The number of nitrogens with one attached hydrogen (secondary N) is 1. The zero-order valence-electron chi connectivity index (χ0n) is 8.81. The molecule has 0 atom stereocenters. The van der Waals surface area contributed by atoms with E-state index in [0.717, 1.165) is 26.2 Å². The van der Waals surface area contributed by atoms with Crippen LogP contribution >= 0.6 is 15.9 Å². The first-order valence-electron chi connectivity index (χ1n) is 4.91. The highest BCUT2D eigenvalue weighted by molar-refractivity contribution is 9.10. The van der Waals surface area contributed by atoms with Crippen LogP contribution in [0.15, 0.2) is 4.60 Å². The van der Waals surface area contributed by atoms with Gasteiger partial charge in [0, 0.05) is 26.2 Å². The van der Waals surface area contributed by atoms with Crippen LogP contribution < -0.4 is 4.90 Å².